The molecule has 1 saturated heterocycles. The second-order valence-electron chi connectivity index (χ2n) is 4.17. The molecule has 0 aromatic rings. The maximum absolute atomic E-state index is 5.60. The highest BCUT2D eigenvalue weighted by Gasteiger charge is 2.27. The van der Waals surface area contributed by atoms with Crippen LogP contribution < -0.4 is 0 Å². The SMILES string of the molecule is CC(C)N1CCOC(C)(C)C1. The van der Waals surface area contributed by atoms with Crippen LogP contribution in [0.3, 0.4) is 0 Å². The standard InChI is InChI=1S/C9H19NO/c1-8(2)10-5-6-11-9(3,4)7-10/h8H,5-7H2,1-4H3. The molecule has 1 rings (SSSR count). The number of morpholine rings is 1. The maximum atomic E-state index is 5.60. The van der Waals surface area contributed by atoms with Crippen molar-refractivity contribution in [1.82, 2.24) is 4.90 Å². The molecule has 1 aliphatic rings. The summed E-state index contributed by atoms with van der Waals surface area (Å²) in [5.74, 6) is 0. The largest absolute Gasteiger partial charge is 0.373 e. The van der Waals surface area contributed by atoms with Gasteiger partial charge >= 0.3 is 0 Å². The van der Waals surface area contributed by atoms with Gasteiger partial charge in [-0.05, 0) is 27.7 Å². The minimum absolute atomic E-state index is 0.0581. The lowest BCUT2D eigenvalue weighted by atomic mass is 10.1. The Morgan fingerprint density at radius 2 is 2.00 bits per heavy atom. The molecule has 0 aromatic heterocycles. The van der Waals surface area contributed by atoms with Crippen molar-refractivity contribution in [3.8, 4) is 0 Å². The van der Waals surface area contributed by atoms with E-state index in [1.54, 1.807) is 0 Å². The minimum atomic E-state index is 0.0581. The fourth-order valence-corrected chi connectivity index (χ4v) is 1.49. The molecule has 0 aliphatic carbocycles. The molecule has 0 bridgehead atoms. The van der Waals surface area contributed by atoms with E-state index in [4.69, 9.17) is 4.74 Å². The molecule has 0 N–H and O–H groups in total. The summed E-state index contributed by atoms with van der Waals surface area (Å²) in [7, 11) is 0. The van der Waals surface area contributed by atoms with E-state index in [1.165, 1.54) is 0 Å². The van der Waals surface area contributed by atoms with Crippen LogP contribution in [0.15, 0.2) is 0 Å². The molecule has 0 atom stereocenters. The van der Waals surface area contributed by atoms with Crippen LogP contribution in [0.4, 0.5) is 0 Å². The van der Waals surface area contributed by atoms with Crippen LogP contribution in [-0.2, 0) is 4.74 Å². The van der Waals surface area contributed by atoms with Crippen molar-refractivity contribution in [1.29, 1.82) is 0 Å². The fourth-order valence-electron chi connectivity index (χ4n) is 1.49. The van der Waals surface area contributed by atoms with E-state index < -0.39 is 0 Å². The predicted octanol–water partition coefficient (Wildman–Crippen LogP) is 1.51. The van der Waals surface area contributed by atoms with Gasteiger partial charge in [0.05, 0.1) is 12.2 Å². The van der Waals surface area contributed by atoms with E-state index in [1.807, 2.05) is 0 Å². The summed E-state index contributed by atoms with van der Waals surface area (Å²) in [4.78, 5) is 2.46. The lowest BCUT2D eigenvalue weighted by Gasteiger charge is -2.40. The van der Waals surface area contributed by atoms with Gasteiger partial charge in [0.2, 0.25) is 0 Å². The Hall–Kier alpha value is -0.0800. The van der Waals surface area contributed by atoms with Crippen molar-refractivity contribution in [3.05, 3.63) is 0 Å². The van der Waals surface area contributed by atoms with E-state index in [0.717, 1.165) is 19.7 Å². The first-order valence-corrected chi connectivity index (χ1v) is 4.39. The van der Waals surface area contributed by atoms with Gasteiger partial charge in [0, 0.05) is 19.1 Å². The second-order valence-corrected chi connectivity index (χ2v) is 4.17. The van der Waals surface area contributed by atoms with Crippen molar-refractivity contribution >= 4 is 0 Å². The van der Waals surface area contributed by atoms with Gasteiger partial charge in [-0.25, -0.2) is 0 Å². The van der Waals surface area contributed by atoms with E-state index in [0.29, 0.717) is 6.04 Å². The van der Waals surface area contributed by atoms with Gasteiger partial charge in [0.1, 0.15) is 0 Å². The minimum Gasteiger partial charge on any atom is -0.373 e. The smallest absolute Gasteiger partial charge is 0.0753 e. The van der Waals surface area contributed by atoms with Crippen LogP contribution in [0.2, 0.25) is 0 Å². The molecule has 0 radical (unpaired) electrons. The Bertz CT molecular complexity index is 132. The van der Waals surface area contributed by atoms with E-state index >= 15 is 0 Å². The first-order chi connectivity index (χ1) is 5.01. The molecule has 2 nitrogen and oxygen atoms in total. The first-order valence-electron chi connectivity index (χ1n) is 4.39. The van der Waals surface area contributed by atoms with Crippen LogP contribution in [0.5, 0.6) is 0 Å². The van der Waals surface area contributed by atoms with Gasteiger partial charge in [-0.3, -0.25) is 4.90 Å². The Morgan fingerprint density at radius 3 is 2.36 bits per heavy atom. The molecule has 1 aliphatic heterocycles. The highest BCUT2D eigenvalue weighted by atomic mass is 16.5. The molecule has 11 heavy (non-hydrogen) atoms. The van der Waals surface area contributed by atoms with Crippen LogP contribution in [-0.4, -0.2) is 36.2 Å². The molecule has 0 amide bonds. The topological polar surface area (TPSA) is 12.5 Å². The molecular formula is C9H19NO. The predicted molar refractivity (Wildman–Crippen MR) is 46.7 cm³/mol. The quantitative estimate of drug-likeness (QED) is 0.572. The number of rotatable bonds is 1. The molecular weight excluding hydrogens is 138 g/mol. The zero-order valence-electron chi connectivity index (χ0n) is 8.05. The van der Waals surface area contributed by atoms with Gasteiger partial charge in [-0.15, -0.1) is 0 Å². The average molecular weight is 157 g/mol. The number of ether oxygens (including phenoxy) is 1. The first kappa shape index (κ1) is 9.01. The summed E-state index contributed by atoms with van der Waals surface area (Å²) in [6.07, 6.45) is 0. The number of nitrogens with zero attached hydrogens (tertiary/aromatic N) is 1. The molecule has 2 heteroatoms. The van der Waals surface area contributed by atoms with Gasteiger partial charge in [-0.1, -0.05) is 0 Å². The van der Waals surface area contributed by atoms with Crippen molar-refractivity contribution in [3.63, 3.8) is 0 Å². The normalized spacial score (nSPS) is 25.9. The Balaban J connectivity index is 2.46. The summed E-state index contributed by atoms with van der Waals surface area (Å²) in [6.45, 7) is 11.8. The molecule has 1 heterocycles. The molecule has 0 aromatic carbocycles. The lowest BCUT2D eigenvalue weighted by Crippen LogP contribution is -2.50. The van der Waals surface area contributed by atoms with Gasteiger partial charge < -0.3 is 4.74 Å². The van der Waals surface area contributed by atoms with Crippen molar-refractivity contribution in [2.75, 3.05) is 19.7 Å². The summed E-state index contributed by atoms with van der Waals surface area (Å²) in [6, 6.07) is 0.651. The zero-order chi connectivity index (χ0) is 8.48. The summed E-state index contributed by atoms with van der Waals surface area (Å²) in [5.41, 5.74) is 0.0581. The maximum Gasteiger partial charge on any atom is 0.0753 e. The summed E-state index contributed by atoms with van der Waals surface area (Å²) >= 11 is 0. The van der Waals surface area contributed by atoms with E-state index in [9.17, 15) is 0 Å². The third-order valence-corrected chi connectivity index (χ3v) is 2.19. The molecule has 0 unspecified atom stereocenters. The van der Waals surface area contributed by atoms with Gasteiger partial charge in [-0.2, -0.15) is 0 Å². The van der Waals surface area contributed by atoms with E-state index in [2.05, 4.69) is 32.6 Å². The fraction of sp³-hybridized carbons (Fsp3) is 1.00. The molecule has 0 spiro atoms. The van der Waals surface area contributed by atoms with Crippen LogP contribution >= 0.6 is 0 Å². The zero-order valence-corrected chi connectivity index (χ0v) is 8.05. The Labute approximate surface area is 69.5 Å². The Kier molecular flexibility index (Phi) is 2.55. The molecule has 1 fully saturated rings. The summed E-state index contributed by atoms with van der Waals surface area (Å²) in [5, 5.41) is 0. The van der Waals surface area contributed by atoms with Crippen LogP contribution in [0, 0.1) is 0 Å². The van der Waals surface area contributed by atoms with E-state index in [-0.39, 0.29) is 5.60 Å². The Morgan fingerprint density at radius 1 is 1.36 bits per heavy atom. The summed E-state index contributed by atoms with van der Waals surface area (Å²) < 4.78 is 5.60. The highest BCUT2D eigenvalue weighted by molar-refractivity contribution is 4.80. The third-order valence-electron chi connectivity index (χ3n) is 2.19. The lowest BCUT2D eigenvalue weighted by molar-refractivity contribution is -0.0936. The number of hydrogen-bond acceptors (Lipinski definition) is 2. The van der Waals surface area contributed by atoms with Crippen LogP contribution in [0.25, 0.3) is 0 Å². The van der Waals surface area contributed by atoms with Crippen LogP contribution in [0.1, 0.15) is 27.7 Å². The monoisotopic (exact) mass is 157 g/mol. The second kappa shape index (κ2) is 3.11. The molecule has 0 saturated carbocycles. The highest BCUT2D eigenvalue weighted by Crippen LogP contribution is 2.17. The van der Waals surface area contributed by atoms with Gasteiger partial charge in [0.15, 0.2) is 0 Å². The van der Waals surface area contributed by atoms with Crippen molar-refractivity contribution in [2.45, 2.75) is 39.3 Å². The number of hydrogen-bond donors (Lipinski definition) is 0. The average Bonchev–Trinajstić information content (AvgIpc) is 1.85. The third kappa shape index (κ3) is 2.46. The van der Waals surface area contributed by atoms with Crippen molar-refractivity contribution in [2.24, 2.45) is 0 Å². The van der Waals surface area contributed by atoms with Crippen molar-refractivity contribution < 1.29 is 4.74 Å². The molecule has 66 valence electrons. The van der Waals surface area contributed by atoms with Gasteiger partial charge in [0.25, 0.3) is 0 Å².